The molecule has 8 heteroatoms. The summed E-state index contributed by atoms with van der Waals surface area (Å²) in [4.78, 5) is 23.4. The standard InChI is InChI=1S/C22H27FN4O3/c1-21(2,3)30-20(28)27-12-22(4,5)18-17(27)11-16(26-19(18)24-13-25-29)10-14-6-8-15(23)9-7-14/h6-9,11,13,29H,10,12H2,1-5H3,(H,24,25,26). The number of aromatic nitrogens is 1. The summed E-state index contributed by atoms with van der Waals surface area (Å²) in [5.41, 5.74) is 3.85. The molecule has 0 radical (unpaired) electrons. The number of carbonyl (C=O) groups excluding carboxylic acids is 1. The first-order valence-electron chi connectivity index (χ1n) is 9.72. The van der Waals surface area contributed by atoms with Gasteiger partial charge in [-0.05, 0) is 44.5 Å². The van der Waals surface area contributed by atoms with Gasteiger partial charge in [-0.2, -0.15) is 0 Å². The minimum atomic E-state index is -0.629. The SMILES string of the molecule is CC(C)(C)OC(=O)N1CC(C)(C)c2c1cc(Cc1ccc(F)cc1)nc2N=CNO. The number of carbonyl (C=O) groups is 1. The summed E-state index contributed by atoms with van der Waals surface area (Å²) in [6, 6.07) is 8.03. The fourth-order valence-corrected chi connectivity index (χ4v) is 3.56. The number of nitrogens with zero attached hydrogens (tertiary/aromatic N) is 3. The quantitative estimate of drug-likeness (QED) is 0.438. The number of rotatable bonds is 4. The largest absolute Gasteiger partial charge is 0.443 e. The molecular weight excluding hydrogens is 387 g/mol. The van der Waals surface area contributed by atoms with Gasteiger partial charge in [0.25, 0.3) is 0 Å². The van der Waals surface area contributed by atoms with Crippen LogP contribution in [0.15, 0.2) is 35.3 Å². The smallest absolute Gasteiger partial charge is 0.414 e. The lowest BCUT2D eigenvalue weighted by Gasteiger charge is -2.26. The highest BCUT2D eigenvalue weighted by molar-refractivity contribution is 5.93. The van der Waals surface area contributed by atoms with Crippen molar-refractivity contribution in [2.45, 2.75) is 52.1 Å². The van der Waals surface area contributed by atoms with E-state index in [0.29, 0.717) is 30.2 Å². The summed E-state index contributed by atoms with van der Waals surface area (Å²) in [7, 11) is 0. The van der Waals surface area contributed by atoms with Gasteiger partial charge in [0, 0.05) is 29.6 Å². The molecule has 1 amide bonds. The van der Waals surface area contributed by atoms with Gasteiger partial charge in [0.05, 0.1) is 5.69 Å². The Labute approximate surface area is 175 Å². The molecule has 7 nitrogen and oxygen atoms in total. The molecule has 1 aromatic heterocycles. The van der Waals surface area contributed by atoms with Gasteiger partial charge in [-0.1, -0.05) is 26.0 Å². The first kappa shape index (κ1) is 21.7. The second-order valence-electron chi connectivity index (χ2n) is 8.97. The highest BCUT2D eigenvalue weighted by Crippen LogP contribution is 2.46. The Balaban J connectivity index is 2.08. The zero-order chi connectivity index (χ0) is 22.1. The third kappa shape index (κ3) is 4.76. The van der Waals surface area contributed by atoms with E-state index in [9.17, 15) is 9.18 Å². The fraction of sp³-hybridized carbons (Fsp3) is 0.409. The summed E-state index contributed by atoms with van der Waals surface area (Å²) >= 11 is 0. The predicted molar refractivity (Wildman–Crippen MR) is 113 cm³/mol. The van der Waals surface area contributed by atoms with Crippen molar-refractivity contribution in [3.8, 4) is 0 Å². The number of hydrogen-bond acceptors (Lipinski definition) is 5. The number of hydroxylamine groups is 1. The maximum absolute atomic E-state index is 13.2. The molecule has 0 fully saturated rings. The van der Waals surface area contributed by atoms with Crippen molar-refractivity contribution in [3.05, 3.63) is 53.0 Å². The van der Waals surface area contributed by atoms with Gasteiger partial charge in [-0.25, -0.2) is 19.2 Å². The normalized spacial score (nSPS) is 15.4. The van der Waals surface area contributed by atoms with Gasteiger partial charge in [-0.15, -0.1) is 0 Å². The Hall–Kier alpha value is -3.00. The number of halogens is 1. The minimum absolute atomic E-state index is 0.308. The molecule has 2 aromatic rings. The van der Waals surface area contributed by atoms with Crippen molar-refractivity contribution in [2.75, 3.05) is 11.4 Å². The predicted octanol–water partition coefficient (Wildman–Crippen LogP) is 4.48. The monoisotopic (exact) mass is 414 g/mol. The van der Waals surface area contributed by atoms with Gasteiger partial charge >= 0.3 is 6.09 Å². The second kappa shape index (κ2) is 8.02. The summed E-state index contributed by atoms with van der Waals surface area (Å²) in [6.45, 7) is 9.88. The van der Waals surface area contributed by atoms with Crippen molar-refractivity contribution in [1.82, 2.24) is 10.5 Å². The molecule has 1 aliphatic rings. The van der Waals surface area contributed by atoms with Crippen molar-refractivity contribution < 1.29 is 19.1 Å². The molecule has 3 rings (SSSR count). The number of pyridine rings is 1. The average Bonchev–Trinajstić information content (AvgIpc) is 2.91. The zero-order valence-corrected chi connectivity index (χ0v) is 17.9. The topological polar surface area (TPSA) is 87.0 Å². The molecule has 0 atom stereocenters. The third-order valence-corrected chi connectivity index (χ3v) is 4.71. The molecule has 30 heavy (non-hydrogen) atoms. The second-order valence-corrected chi connectivity index (χ2v) is 8.97. The van der Waals surface area contributed by atoms with Crippen LogP contribution in [0.3, 0.4) is 0 Å². The maximum atomic E-state index is 13.2. The molecule has 0 saturated heterocycles. The molecule has 0 aliphatic carbocycles. The van der Waals surface area contributed by atoms with E-state index in [1.165, 1.54) is 12.1 Å². The van der Waals surface area contributed by atoms with Crippen LogP contribution >= 0.6 is 0 Å². The summed E-state index contributed by atoms with van der Waals surface area (Å²) in [5, 5.41) is 8.96. The molecule has 160 valence electrons. The number of anilines is 1. The lowest BCUT2D eigenvalue weighted by molar-refractivity contribution is 0.0579. The molecule has 0 spiro atoms. The van der Waals surface area contributed by atoms with Crippen LogP contribution in [-0.4, -0.2) is 34.8 Å². The van der Waals surface area contributed by atoms with Crippen LogP contribution in [0.25, 0.3) is 0 Å². The number of ether oxygens (including phenoxy) is 1. The van der Waals surface area contributed by atoms with Crippen molar-refractivity contribution in [2.24, 2.45) is 4.99 Å². The lowest BCUT2D eigenvalue weighted by atomic mass is 9.87. The Bertz CT molecular complexity index is 966. The Morgan fingerprint density at radius 2 is 2.03 bits per heavy atom. The summed E-state index contributed by atoms with van der Waals surface area (Å²) in [5.74, 6) is 0.0973. The summed E-state index contributed by atoms with van der Waals surface area (Å²) in [6.07, 6.45) is 1.13. The van der Waals surface area contributed by atoms with Crippen LogP contribution in [0.4, 0.5) is 20.7 Å². The van der Waals surface area contributed by atoms with Crippen molar-refractivity contribution in [1.29, 1.82) is 0 Å². The number of hydrogen-bond donors (Lipinski definition) is 2. The molecule has 1 aromatic carbocycles. The average molecular weight is 414 g/mol. The number of nitrogens with one attached hydrogen (secondary N) is 1. The lowest BCUT2D eigenvalue weighted by Crippen LogP contribution is -2.38. The van der Waals surface area contributed by atoms with E-state index in [0.717, 1.165) is 17.5 Å². The Kier molecular flexibility index (Phi) is 5.81. The molecule has 1 aliphatic heterocycles. The molecule has 0 unspecified atom stereocenters. The molecule has 0 saturated carbocycles. The number of aliphatic imine (C=N–C) groups is 1. The number of amides is 1. The van der Waals surface area contributed by atoms with Gasteiger partial charge < -0.3 is 4.74 Å². The van der Waals surface area contributed by atoms with E-state index >= 15 is 0 Å². The van der Waals surface area contributed by atoms with Crippen molar-refractivity contribution >= 4 is 23.9 Å². The van der Waals surface area contributed by atoms with E-state index in [-0.39, 0.29) is 5.82 Å². The first-order chi connectivity index (χ1) is 14.0. The molecule has 0 bridgehead atoms. The number of fused-ring (bicyclic) bond motifs is 1. The molecule has 2 N–H and O–H groups in total. The fourth-order valence-electron chi connectivity index (χ4n) is 3.56. The van der Waals surface area contributed by atoms with Crippen LogP contribution in [0.5, 0.6) is 0 Å². The van der Waals surface area contributed by atoms with Gasteiger partial charge in [0.2, 0.25) is 0 Å². The van der Waals surface area contributed by atoms with E-state index in [1.54, 1.807) is 17.0 Å². The highest BCUT2D eigenvalue weighted by Gasteiger charge is 2.42. The third-order valence-electron chi connectivity index (χ3n) is 4.71. The van der Waals surface area contributed by atoms with Crippen LogP contribution < -0.4 is 10.4 Å². The molecule has 2 heterocycles. The van der Waals surface area contributed by atoms with Crippen molar-refractivity contribution in [3.63, 3.8) is 0 Å². The minimum Gasteiger partial charge on any atom is -0.443 e. The van der Waals surface area contributed by atoms with E-state index in [1.807, 2.05) is 46.2 Å². The summed E-state index contributed by atoms with van der Waals surface area (Å²) < 4.78 is 18.8. The Morgan fingerprint density at radius 3 is 2.63 bits per heavy atom. The Morgan fingerprint density at radius 1 is 1.37 bits per heavy atom. The van der Waals surface area contributed by atoms with Gasteiger partial charge in [0.15, 0.2) is 5.82 Å². The molecular formula is C22H27FN4O3. The van der Waals surface area contributed by atoms with Crippen LogP contribution in [-0.2, 0) is 16.6 Å². The van der Waals surface area contributed by atoms with Crippen LogP contribution in [0.1, 0.15) is 51.4 Å². The maximum Gasteiger partial charge on any atom is 0.414 e. The first-order valence-corrected chi connectivity index (χ1v) is 9.72. The van der Waals surface area contributed by atoms with Crippen LogP contribution in [0, 0.1) is 5.82 Å². The zero-order valence-electron chi connectivity index (χ0n) is 17.9. The number of benzene rings is 1. The van der Waals surface area contributed by atoms with E-state index in [4.69, 9.17) is 9.94 Å². The van der Waals surface area contributed by atoms with Gasteiger partial charge in [-0.3, -0.25) is 15.6 Å². The van der Waals surface area contributed by atoms with E-state index in [2.05, 4.69) is 9.98 Å². The van der Waals surface area contributed by atoms with Gasteiger partial charge in [0.1, 0.15) is 17.8 Å². The van der Waals surface area contributed by atoms with E-state index < -0.39 is 17.1 Å². The highest BCUT2D eigenvalue weighted by atomic mass is 19.1. The van der Waals surface area contributed by atoms with Crippen LogP contribution in [0.2, 0.25) is 0 Å².